The van der Waals surface area contributed by atoms with Crippen LogP contribution in [0.3, 0.4) is 0 Å². The number of ether oxygens (including phenoxy) is 2. The number of hydrogen-bond acceptors (Lipinski definition) is 6. The van der Waals surface area contributed by atoms with Gasteiger partial charge in [0.1, 0.15) is 11.5 Å². The number of carbonyl (C=O) groups excluding carboxylic acids is 2. The lowest BCUT2D eigenvalue weighted by Crippen LogP contribution is -2.30. The average Bonchev–Trinajstić information content (AvgIpc) is 2.97. The maximum Gasteiger partial charge on any atom is 0.387 e. The molecule has 0 radical (unpaired) electrons. The lowest BCUT2D eigenvalue weighted by Gasteiger charge is -2.08. The van der Waals surface area contributed by atoms with Gasteiger partial charge in [-0.05, 0) is 44.4 Å². The first kappa shape index (κ1) is 21.3. The fourth-order valence-electron chi connectivity index (χ4n) is 2.54. The number of rotatable bonds is 10. The molecule has 28 heavy (non-hydrogen) atoms. The van der Waals surface area contributed by atoms with E-state index in [4.69, 9.17) is 9.26 Å². The third-order valence-electron chi connectivity index (χ3n) is 4.01. The fraction of sp³-hybridized carbons (Fsp3) is 0.421. The third kappa shape index (κ3) is 6.98. The molecule has 1 aromatic carbocycles. The summed E-state index contributed by atoms with van der Waals surface area (Å²) >= 11 is 0. The Labute approximate surface area is 161 Å². The van der Waals surface area contributed by atoms with Crippen LogP contribution < -0.4 is 10.1 Å². The second kappa shape index (κ2) is 10.4. The minimum atomic E-state index is -2.86. The highest BCUT2D eigenvalue weighted by Gasteiger charge is 2.13. The molecule has 2 rings (SSSR count). The van der Waals surface area contributed by atoms with Crippen LogP contribution in [-0.4, -0.2) is 36.8 Å². The number of nitrogens with one attached hydrogen (secondary N) is 1. The zero-order chi connectivity index (χ0) is 20.5. The molecule has 0 bridgehead atoms. The number of esters is 1. The molecule has 0 aliphatic carbocycles. The highest BCUT2D eigenvalue weighted by molar-refractivity contribution is 5.80. The van der Waals surface area contributed by atoms with Crippen LogP contribution in [0.15, 0.2) is 28.8 Å². The molecule has 1 heterocycles. The van der Waals surface area contributed by atoms with Gasteiger partial charge in [-0.15, -0.1) is 0 Å². The van der Waals surface area contributed by atoms with E-state index in [9.17, 15) is 18.4 Å². The van der Waals surface area contributed by atoms with E-state index >= 15 is 0 Å². The topological polar surface area (TPSA) is 90.7 Å². The quantitative estimate of drug-likeness (QED) is 0.621. The average molecular weight is 396 g/mol. The van der Waals surface area contributed by atoms with Crippen molar-refractivity contribution in [2.75, 3.05) is 13.2 Å². The van der Waals surface area contributed by atoms with Gasteiger partial charge in [-0.3, -0.25) is 9.59 Å². The summed E-state index contributed by atoms with van der Waals surface area (Å²) in [6.45, 7) is 0.668. The molecule has 0 spiro atoms. The third-order valence-corrected chi connectivity index (χ3v) is 4.01. The zero-order valence-electron chi connectivity index (χ0n) is 15.7. The standard InChI is InChI=1S/C19H22F2N2O5/c1-12-16(13(2)28-23-12)7-8-18(25)26-11-17(24)22-10-9-14-3-5-15(6-4-14)27-19(20)21/h3-6,19H,7-11H2,1-2H3,(H,22,24). The maximum atomic E-state index is 12.1. The first-order chi connectivity index (χ1) is 13.3. The Kier molecular flexibility index (Phi) is 7.91. The molecule has 7 nitrogen and oxygen atoms in total. The first-order valence-corrected chi connectivity index (χ1v) is 8.73. The number of amides is 1. The molecule has 2 aromatic rings. The predicted molar refractivity (Wildman–Crippen MR) is 95.0 cm³/mol. The van der Waals surface area contributed by atoms with Crippen molar-refractivity contribution in [2.24, 2.45) is 0 Å². The van der Waals surface area contributed by atoms with Crippen molar-refractivity contribution in [1.82, 2.24) is 10.5 Å². The summed E-state index contributed by atoms with van der Waals surface area (Å²) in [5.74, 6) is -0.156. The number of nitrogens with zero attached hydrogens (tertiary/aromatic N) is 1. The molecule has 0 aliphatic heterocycles. The van der Waals surface area contributed by atoms with Crippen LogP contribution in [0.2, 0.25) is 0 Å². The molecule has 0 saturated heterocycles. The number of hydrogen-bond donors (Lipinski definition) is 1. The summed E-state index contributed by atoms with van der Waals surface area (Å²) in [4.78, 5) is 23.5. The Hall–Kier alpha value is -2.97. The monoisotopic (exact) mass is 396 g/mol. The normalized spacial score (nSPS) is 10.8. The minimum absolute atomic E-state index is 0.0753. The van der Waals surface area contributed by atoms with Crippen LogP contribution in [0.25, 0.3) is 0 Å². The van der Waals surface area contributed by atoms with Crippen molar-refractivity contribution in [2.45, 2.75) is 39.7 Å². The van der Waals surface area contributed by atoms with E-state index in [1.54, 1.807) is 26.0 Å². The molecule has 1 aromatic heterocycles. The minimum Gasteiger partial charge on any atom is -0.456 e. The summed E-state index contributed by atoms with van der Waals surface area (Å²) < 4.78 is 38.4. The molecule has 9 heteroatoms. The number of aryl methyl sites for hydroxylation is 2. The van der Waals surface area contributed by atoms with E-state index in [1.165, 1.54) is 12.1 Å². The van der Waals surface area contributed by atoms with E-state index in [0.717, 1.165) is 16.8 Å². The summed E-state index contributed by atoms with van der Waals surface area (Å²) in [5, 5.41) is 6.44. The predicted octanol–water partition coefficient (Wildman–Crippen LogP) is 2.73. The molecule has 0 unspecified atom stereocenters. The number of carbonyl (C=O) groups is 2. The smallest absolute Gasteiger partial charge is 0.387 e. The van der Waals surface area contributed by atoms with Crippen LogP contribution in [0.4, 0.5) is 8.78 Å². The van der Waals surface area contributed by atoms with Crippen LogP contribution in [0.5, 0.6) is 5.75 Å². The molecule has 0 saturated carbocycles. The highest BCUT2D eigenvalue weighted by atomic mass is 19.3. The van der Waals surface area contributed by atoms with Crippen molar-refractivity contribution in [3.63, 3.8) is 0 Å². The van der Waals surface area contributed by atoms with Crippen molar-refractivity contribution in [3.05, 3.63) is 46.8 Å². The van der Waals surface area contributed by atoms with Crippen molar-refractivity contribution in [3.8, 4) is 5.75 Å². The van der Waals surface area contributed by atoms with Gasteiger partial charge in [0.2, 0.25) is 0 Å². The van der Waals surface area contributed by atoms with Crippen LogP contribution >= 0.6 is 0 Å². The van der Waals surface area contributed by atoms with Crippen molar-refractivity contribution >= 4 is 11.9 Å². The highest BCUT2D eigenvalue weighted by Crippen LogP contribution is 2.15. The summed E-state index contributed by atoms with van der Waals surface area (Å²) in [6.07, 6.45) is 1.07. The molecular formula is C19H22F2N2O5. The Morgan fingerprint density at radius 1 is 1.18 bits per heavy atom. The van der Waals surface area contributed by atoms with Gasteiger partial charge >= 0.3 is 12.6 Å². The number of benzene rings is 1. The SMILES string of the molecule is Cc1noc(C)c1CCC(=O)OCC(=O)NCCc1ccc(OC(F)F)cc1. The van der Waals surface area contributed by atoms with Gasteiger partial charge in [-0.2, -0.15) is 8.78 Å². The van der Waals surface area contributed by atoms with Gasteiger partial charge in [0.15, 0.2) is 6.61 Å². The molecule has 1 amide bonds. The largest absolute Gasteiger partial charge is 0.456 e. The van der Waals surface area contributed by atoms with Crippen LogP contribution in [-0.2, 0) is 27.2 Å². The van der Waals surface area contributed by atoms with E-state index in [1.807, 2.05) is 0 Å². The van der Waals surface area contributed by atoms with Crippen molar-refractivity contribution in [1.29, 1.82) is 0 Å². The molecule has 1 N–H and O–H groups in total. The Balaban J connectivity index is 1.62. The lowest BCUT2D eigenvalue weighted by atomic mass is 10.1. The molecule has 0 fully saturated rings. The molecule has 0 aliphatic rings. The van der Waals surface area contributed by atoms with Gasteiger partial charge < -0.3 is 19.3 Å². The van der Waals surface area contributed by atoms with Crippen LogP contribution in [0.1, 0.15) is 29.0 Å². The van der Waals surface area contributed by atoms with Crippen LogP contribution in [0, 0.1) is 13.8 Å². The second-order valence-corrected chi connectivity index (χ2v) is 6.09. The van der Waals surface area contributed by atoms with E-state index in [2.05, 4.69) is 15.2 Å². The number of halogens is 2. The Morgan fingerprint density at radius 2 is 1.89 bits per heavy atom. The Morgan fingerprint density at radius 3 is 2.50 bits per heavy atom. The summed E-state index contributed by atoms with van der Waals surface area (Å²) in [5.41, 5.74) is 2.45. The molecule has 0 atom stereocenters. The number of alkyl halides is 2. The summed E-state index contributed by atoms with van der Waals surface area (Å²) in [7, 11) is 0. The van der Waals surface area contributed by atoms with E-state index in [-0.39, 0.29) is 18.8 Å². The van der Waals surface area contributed by atoms with E-state index in [0.29, 0.717) is 25.1 Å². The van der Waals surface area contributed by atoms with Gasteiger partial charge in [-0.1, -0.05) is 17.3 Å². The van der Waals surface area contributed by atoms with E-state index < -0.39 is 18.5 Å². The van der Waals surface area contributed by atoms with Gasteiger partial charge in [-0.25, -0.2) is 0 Å². The van der Waals surface area contributed by atoms with Gasteiger partial charge in [0, 0.05) is 18.5 Å². The zero-order valence-corrected chi connectivity index (χ0v) is 15.7. The second-order valence-electron chi connectivity index (χ2n) is 6.09. The van der Waals surface area contributed by atoms with Crippen molar-refractivity contribution < 1.29 is 32.4 Å². The fourth-order valence-corrected chi connectivity index (χ4v) is 2.54. The summed E-state index contributed by atoms with van der Waals surface area (Å²) in [6, 6.07) is 6.14. The Bertz CT molecular complexity index is 771. The lowest BCUT2D eigenvalue weighted by molar-refractivity contribution is -0.148. The van der Waals surface area contributed by atoms with Gasteiger partial charge in [0.25, 0.3) is 5.91 Å². The maximum absolute atomic E-state index is 12.1. The van der Waals surface area contributed by atoms with Gasteiger partial charge in [0.05, 0.1) is 5.69 Å². The molecule has 152 valence electrons. The molecular weight excluding hydrogens is 374 g/mol. The first-order valence-electron chi connectivity index (χ1n) is 8.73. The number of aromatic nitrogens is 1.